The van der Waals surface area contributed by atoms with Crippen LogP contribution in [-0.2, 0) is 65.3 Å². The minimum Gasteiger partial charge on any atom is -0.375 e. The van der Waals surface area contributed by atoms with Crippen LogP contribution in [0.2, 0.25) is 0 Å². The van der Waals surface area contributed by atoms with Crippen molar-refractivity contribution in [2.45, 2.75) is 181 Å². The molecule has 0 amide bonds. The normalized spacial score (nSPS) is 45.1. The van der Waals surface area contributed by atoms with Gasteiger partial charge in [0.05, 0.1) is 99.2 Å². The van der Waals surface area contributed by atoms with E-state index >= 15 is 0 Å². The molecule has 0 spiro atoms. The van der Waals surface area contributed by atoms with E-state index in [0.717, 1.165) is 69.1 Å². The minimum atomic E-state index is -0.897. The van der Waals surface area contributed by atoms with Crippen LogP contribution in [0.3, 0.4) is 0 Å². The first-order valence-electron chi connectivity index (χ1n) is 21.1. The average molecular weight is 763 g/mol. The zero-order chi connectivity index (χ0) is 36.8. The Labute approximate surface area is 324 Å². The number of hydrogen-bond donors (Lipinski definition) is 0. The maximum atomic E-state index is 7.05. The highest BCUT2D eigenvalue weighted by molar-refractivity contribution is 5.14. The van der Waals surface area contributed by atoms with Crippen LogP contribution in [0.1, 0.15) is 81.8 Å². The van der Waals surface area contributed by atoms with Gasteiger partial charge in [0.1, 0.15) is 12.2 Å². The molecule has 300 valence electrons. The van der Waals surface area contributed by atoms with Crippen molar-refractivity contribution in [3.63, 3.8) is 0 Å². The van der Waals surface area contributed by atoms with Crippen LogP contribution in [0.15, 0.2) is 60.7 Å². The zero-order valence-electron chi connectivity index (χ0n) is 32.0. The van der Waals surface area contributed by atoms with E-state index in [-0.39, 0.29) is 91.6 Å². The molecular formula is C44H58O11. The Morgan fingerprint density at radius 2 is 1.15 bits per heavy atom. The van der Waals surface area contributed by atoms with Crippen LogP contribution in [-0.4, -0.2) is 118 Å². The highest BCUT2D eigenvalue weighted by atomic mass is 16.7. The third-order valence-corrected chi connectivity index (χ3v) is 13.7. The SMILES string of the molecule is CO[C@@]12CC[C@@H]3O[C@H](COCc4ccccc4)[C@@H](OCc4ccccc4)C[C@H]3O[C@H]1C[C@H]1O[C@H]3C[C@H]4O[C@H]5C[C@H]6OCCC[C@@H]6O[C@@H]5CC[C@@H]4O[C@@H]3C[C@@H]1O2. The maximum absolute atomic E-state index is 7.05. The molecule has 2 aromatic carbocycles. The predicted octanol–water partition coefficient (Wildman–Crippen LogP) is 5.82. The van der Waals surface area contributed by atoms with Gasteiger partial charge in [-0.3, -0.25) is 0 Å². The van der Waals surface area contributed by atoms with Gasteiger partial charge in [-0.2, -0.15) is 0 Å². The number of methoxy groups -OCH3 is 1. The van der Waals surface area contributed by atoms with Crippen molar-refractivity contribution < 1.29 is 52.1 Å². The number of benzene rings is 2. The molecule has 8 fully saturated rings. The minimum absolute atomic E-state index is 0.0224. The van der Waals surface area contributed by atoms with Gasteiger partial charge in [0, 0.05) is 52.2 Å². The standard InChI is InChI=1S/C44H58O11/c1-45-44-17-16-32-37(20-34(48-25-28-11-6-3-7-12-28)42(51-32)26-46-24-27-9-4-2-5-10-27)54-43(44)23-40-41(55-44)22-39-38(53-40)21-36-31(50-39)15-14-30-35(52-36)19-33-29(49-30)13-8-18-47-33/h2-7,9-12,29-43H,8,13-26H2,1H3/t29-,30+,31-,32-,33+,34-,35-,36+,37+,38-,39+,40+,41-,42+,43-,44+/m0/s1. The van der Waals surface area contributed by atoms with Crippen LogP contribution < -0.4 is 0 Å². The summed E-state index contributed by atoms with van der Waals surface area (Å²) in [6.07, 6.45) is 8.26. The molecule has 11 nitrogen and oxygen atoms in total. The molecule has 8 aliphatic rings. The van der Waals surface area contributed by atoms with Gasteiger partial charge in [-0.1, -0.05) is 60.7 Å². The summed E-state index contributed by atoms with van der Waals surface area (Å²) < 4.78 is 73.4. The van der Waals surface area contributed by atoms with Crippen LogP contribution >= 0.6 is 0 Å². The van der Waals surface area contributed by atoms with Gasteiger partial charge in [-0.15, -0.1) is 0 Å². The zero-order valence-corrected chi connectivity index (χ0v) is 32.0. The molecule has 55 heavy (non-hydrogen) atoms. The van der Waals surface area contributed by atoms with E-state index in [1.165, 1.54) is 0 Å². The smallest absolute Gasteiger partial charge is 0.195 e. The second-order valence-corrected chi connectivity index (χ2v) is 17.1. The van der Waals surface area contributed by atoms with Gasteiger partial charge in [0.2, 0.25) is 0 Å². The third-order valence-electron chi connectivity index (χ3n) is 13.7. The fourth-order valence-electron chi connectivity index (χ4n) is 10.8. The van der Waals surface area contributed by atoms with Crippen LogP contribution in [0.25, 0.3) is 0 Å². The topological polar surface area (TPSA) is 102 Å². The quantitative estimate of drug-likeness (QED) is 0.325. The maximum Gasteiger partial charge on any atom is 0.195 e. The monoisotopic (exact) mass is 762 g/mol. The summed E-state index contributed by atoms with van der Waals surface area (Å²) >= 11 is 0. The Balaban J connectivity index is 0.810. The summed E-state index contributed by atoms with van der Waals surface area (Å²) in [5.41, 5.74) is 2.26. The second-order valence-electron chi connectivity index (χ2n) is 17.1. The molecule has 8 aliphatic heterocycles. The molecule has 16 atom stereocenters. The molecule has 2 aromatic rings. The fourth-order valence-corrected chi connectivity index (χ4v) is 10.8. The Bertz CT molecular complexity index is 1550. The summed E-state index contributed by atoms with van der Waals surface area (Å²) in [4.78, 5) is 0. The molecule has 11 heteroatoms. The lowest BCUT2D eigenvalue weighted by molar-refractivity contribution is -0.370. The third kappa shape index (κ3) is 7.81. The van der Waals surface area contributed by atoms with E-state index in [1.807, 2.05) is 36.4 Å². The van der Waals surface area contributed by atoms with Crippen molar-refractivity contribution in [2.24, 2.45) is 0 Å². The van der Waals surface area contributed by atoms with Crippen molar-refractivity contribution in [3.05, 3.63) is 71.8 Å². The lowest BCUT2D eigenvalue weighted by Crippen LogP contribution is -2.64. The van der Waals surface area contributed by atoms with Crippen molar-refractivity contribution in [2.75, 3.05) is 20.3 Å². The molecule has 0 saturated carbocycles. The molecule has 0 unspecified atom stereocenters. The van der Waals surface area contributed by atoms with Gasteiger partial charge in [-0.05, 0) is 43.2 Å². The summed E-state index contributed by atoms with van der Waals surface area (Å²) in [6, 6.07) is 20.5. The van der Waals surface area contributed by atoms with Crippen molar-refractivity contribution in [1.82, 2.24) is 0 Å². The number of hydrogen-bond acceptors (Lipinski definition) is 11. The number of rotatable bonds is 8. The van der Waals surface area contributed by atoms with E-state index in [4.69, 9.17) is 52.1 Å². The van der Waals surface area contributed by atoms with Crippen molar-refractivity contribution >= 4 is 0 Å². The Kier molecular flexibility index (Phi) is 11.1. The molecule has 0 bridgehead atoms. The molecule has 0 N–H and O–H groups in total. The Hall–Kier alpha value is -2.00. The molecule has 10 rings (SSSR count). The van der Waals surface area contributed by atoms with E-state index in [1.54, 1.807) is 7.11 Å². The van der Waals surface area contributed by atoms with Crippen molar-refractivity contribution in [3.8, 4) is 0 Å². The van der Waals surface area contributed by atoms with Crippen LogP contribution in [0.4, 0.5) is 0 Å². The first kappa shape index (κ1) is 37.3. The van der Waals surface area contributed by atoms with Crippen LogP contribution in [0, 0.1) is 0 Å². The highest BCUT2D eigenvalue weighted by Crippen LogP contribution is 2.48. The Morgan fingerprint density at radius 1 is 0.564 bits per heavy atom. The summed E-state index contributed by atoms with van der Waals surface area (Å²) in [7, 11) is 1.75. The molecule has 8 heterocycles. The van der Waals surface area contributed by atoms with E-state index in [2.05, 4.69) is 24.3 Å². The van der Waals surface area contributed by atoms with Crippen molar-refractivity contribution in [1.29, 1.82) is 0 Å². The van der Waals surface area contributed by atoms with E-state index in [0.29, 0.717) is 39.1 Å². The van der Waals surface area contributed by atoms with Gasteiger partial charge in [0.25, 0.3) is 0 Å². The first-order valence-corrected chi connectivity index (χ1v) is 21.1. The van der Waals surface area contributed by atoms with E-state index < -0.39 is 5.79 Å². The second kappa shape index (κ2) is 16.3. The van der Waals surface area contributed by atoms with Gasteiger partial charge < -0.3 is 52.1 Å². The lowest BCUT2D eigenvalue weighted by atomic mass is 9.84. The lowest BCUT2D eigenvalue weighted by Gasteiger charge is -2.54. The molecule has 0 aliphatic carbocycles. The van der Waals surface area contributed by atoms with Gasteiger partial charge >= 0.3 is 0 Å². The molecule has 8 saturated heterocycles. The largest absolute Gasteiger partial charge is 0.375 e. The fraction of sp³-hybridized carbons (Fsp3) is 0.727. The average Bonchev–Trinajstić information content (AvgIpc) is 3.49. The van der Waals surface area contributed by atoms with Gasteiger partial charge in [0.15, 0.2) is 5.79 Å². The van der Waals surface area contributed by atoms with E-state index in [9.17, 15) is 0 Å². The summed E-state index contributed by atoms with van der Waals surface area (Å²) in [6.45, 7) is 2.26. The molecule has 0 aromatic heterocycles. The highest BCUT2D eigenvalue weighted by Gasteiger charge is 2.59. The Morgan fingerprint density at radius 3 is 1.89 bits per heavy atom. The predicted molar refractivity (Wildman–Crippen MR) is 198 cm³/mol. The van der Waals surface area contributed by atoms with Crippen LogP contribution in [0.5, 0.6) is 0 Å². The van der Waals surface area contributed by atoms with Gasteiger partial charge in [-0.25, -0.2) is 0 Å². The number of fused-ring (bicyclic) bond motifs is 7. The molecule has 0 radical (unpaired) electrons. The summed E-state index contributed by atoms with van der Waals surface area (Å²) in [5.74, 6) is -0.897. The first-order chi connectivity index (χ1) is 27.1. The molecular weight excluding hydrogens is 704 g/mol. The number of ether oxygens (including phenoxy) is 11. The summed E-state index contributed by atoms with van der Waals surface area (Å²) in [5, 5.41) is 0.